The third kappa shape index (κ3) is 5.43. The van der Waals surface area contributed by atoms with Crippen molar-refractivity contribution in [3.63, 3.8) is 0 Å². The zero-order valence-corrected chi connectivity index (χ0v) is 28.6. The lowest BCUT2D eigenvalue weighted by atomic mass is 10.0. The molecule has 6 heteroatoms. The number of aromatic nitrogens is 4. The molecule has 5 nitrogen and oxygen atoms in total. The van der Waals surface area contributed by atoms with Crippen LogP contribution in [0.4, 0.5) is 0 Å². The zero-order valence-electron chi connectivity index (χ0n) is 27.8. The molecule has 0 amide bonds. The van der Waals surface area contributed by atoms with Crippen molar-refractivity contribution in [3.05, 3.63) is 170 Å². The van der Waals surface area contributed by atoms with Gasteiger partial charge in [-0.1, -0.05) is 133 Å². The maximum Gasteiger partial charge on any atom is 0.227 e. The fourth-order valence-corrected chi connectivity index (χ4v) is 7.89. The SMILES string of the molecule is c1ccc(-c2ccc(-c3nc(-c4ccc(-c5ccccc5)cc4)nc(-c4cccc5sc6ccc(-c7nc8ccccc8o7)cc6c45)n3)cc2)cc1. The number of oxazole rings is 1. The Morgan fingerprint density at radius 2 is 0.923 bits per heavy atom. The minimum Gasteiger partial charge on any atom is -0.436 e. The van der Waals surface area contributed by atoms with Crippen LogP contribution in [0.5, 0.6) is 0 Å². The number of thiophene rings is 1. The van der Waals surface area contributed by atoms with Crippen LogP contribution in [0.15, 0.2) is 174 Å². The number of hydrogen-bond donors (Lipinski definition) is 0. The third-order valence-corrected chi connectivity index (χ3v) is 10.5. The molecule has 3 aromatic heterocycles. The quantitative estimate of drug-likeness (QED) is 0.174. The molecule has 244 valence electrons. The van der Waals surface area contributed by atoms with E-state index in [2.05, 4.69) is 133 Å². The number of fused-ring (bicyclic) bond motifs is 4. The number of para-hydroxylation sites is 2. The predicted molar refractivity (Wildman–Crippen MR) is 213 cm³/mol. The lowest BCUT2D eigenvalue weighted by molar-refractivity contribution is 0.620. The lowest BCUT2D eigenvalue weighted by Crippen LogP contribution is -2.00. The highest BCUT2D eigenvalue weighted by Gasteiger charge is 2.18. The van der Waals surface area contributed by atoms with E-state index < -0.39 is 0 Å². The van der Waals surface area contributed by atoms with E-state index in [1.165, 1.54) is 4.70 Å². The highest BCUT2D eigenvalue weighted by molar-refractivity contribution is 7.26. The second-order valence-electron chi connectivity index (χ2n) is 12.7. The van der Waals surface area contributed by atoms with Crippen LogP contribution in [0.25, 0.3) is 99.1 Å². The van der Waals surface area contributed by atoms with Crippen molar-refractivity contribution in [2.45, 2.75) is 0 Å². The van der Waals surface area contributed by atoms with E-state index in [1.807, 2.05) is 36.4 Å². The van der Waals surface area contributed by atoms with Crippen LogP contribution in [0, 0.1) is 0 Å². The van der Waals surface area contributed by atoms with Gasteiger partial charge in [0.2, 0.25) is 5.89 Å². The number of rotatable bonds is 6. The summed E-state index contributed by atoms with van der Waals surface area (Å²) in [4.78, 5) is 20.2. The minimum atomic E-state index is 0.600. The van der Waals surface area contributed by atoms with Crippen molar-refractivity contribution in [2.75, 3.05) is 0 Å². The van der Waals surface area contributed by atoms with Gasteiger partial charge in [0.15, 0.2) is 23.1 Å². The highest BCUT2D eigenvalue weighted by atomic mass is 32.1. The lowest BCUT2D eigenvalue weighted by Gasteiger charge is -2.11. The molecule has 0 aliphatic carbocycles. The summed E-state index contributed by atoms with van der Waals surface area (Å²) in [5.74, 6) is 2.46. The van der Waals surface area contributed by atoms with Crippen molar-refractivity contribution in [3.8, 4) is 67.9 Å². The van der Waals surface area contributed by atoms with Gasteiger partial charge in [-0.25, -0.2) is 19.9 Å². The van der Waals surface area contributed by atoms with Crippen LogP contribution in [-0.2, 0) is 0 Å². The molecule has 0 aliphatic rings. The zero-order chi connectivity index (χ0) is 34.4. The summed E-state index contributed by atoms with van der Waals surface area (Å²) in [6.07, 6.45) is 0. The summed E-state index contributed by atoms with van der Waals surface area (Å²) in [5, 5.41) is 2.21. The second-order valence-corrected chi connectivity index (χ2v) is 13.8. The normalized spacial score (nSPS) is 11.5. The minimum absolute atomic E-state index is 0.600. The largest absolute Gasteiger partial charge is 0.436 e. The van der Waals surface area contributed by atoms with Crippen LogP contribution < -0.4 is 0 Å². The van der Waals surface area contributed by atoms with Crippen LogP contribution in [0.1, 0.15) is 0 Å². The Morgan fingerprint density at radius 1 is 0.385 bits per heavy atom. The first-order chi connectivity index (χ1) is 25.7. The first-order valence-electron chi connectivity index (χ1n) is 17.1. The van der Waals surface area contributed by atoms with Gasteiger partial charge in [-0.15, -0.1) is 11.3 Å². The molecule has 7 aromatic carbocycles. The molecular weight excluding hydrogens is 657 g/mol. The maximum atomic E-state index is 6.17. The van der Waals surface area contributed by atoms with Gasteiger partial charge in [0, 0.05) is 42.4 Å². The molecule has 0 aliphatic heterocycles. The summed E-state index contributed by atoms with van der Waals surface area (Å²) in [6, 6.07) is 58.3. The van der Waals surface area contributed by atoms with Crippen molar-refractivity contribution in [1.82, 2.24) is 19.9 Å². The Hall–Kier alpha value is -6.76. The predicted octanol–water partition coefficient (Wildman–Crippen LogP) is 12.4. The Bertz CT molecular complexity index is 2750. The average Bonchev–Trinajstić information content (AvgIpc) is 3.83. The molecule has 0 unspecified atom stereocenters. The molecule has 0 spiro atoms. The molecule has 52 heavy (non-hydrogen) atoms. The smallest absolute Gasteiger partial charge is 0.227 e. The fourth-order valence-electron chi connectivity index (χ4n) is 6.78. The Balaban J connectivity index is 1.13. The topological polar surface area (TPSA) is 64.7 Å². The molecule has 3 heterocycles. The van der Waals surface area contributed by atoms with Gasteiger partial charge in [0.05, 0.1) is 0 Å². The molecule has 10 aromatic rings. The molecule has 0 radical (unpaired) electrons. The van der Waals surface area contributed by atoms with Crippen LogP contribution in [0.2, 0.25) is 0 Å². The van der Waals surface area contributed by atoms with Gasteiger partial charge in [-0.05, 0) is 58.7 Å². The summed E-state index contributed by atoms with van der Waals surface area (Å²) in [5.41, 5.74) is 9.93. The van der Waals surface area contributed by atoms with Crippen molar-refractivity contribution >= 4 is 42.6 Å². The molecular formula is C46H28N4OS. The van der Waals surface area contributed by atoms with Gasteiger partial charge in [-0.3, -0.25) is 0 Å². The van der Waals surface area contributed by atoms with Crippen LogP contribution >= 0.6 is 11.3 Å². The van der Waals surface area contributed by atoms with E-state index in [4.69, 9.17) is 24.4 Å². The van der Waals surface area contributed by atoms with Gasteiger partial charge < -0.3 is 4.42 Å². The van der Waals surface area contributed by atoms with E-state index >= 15 is 0 Å². The summed E-state index contributed by atoms with van der Waals surface area (Å²) in [7, 11) is 0. The molecule has 0 bridgehead atoms. The van der Waals surface area contributed by atoms with Gasteiger partial charge in [0.1, 0.15) is 5.52 Å². The summed E-state index contributed by atoms with van der Waals surface area (Å²) >= 11 is 1.76. The van der Waals surface area contributed by atoms with E-state index in [0.717, 1.165) is 71.1 Å². The number of nitrogens with zero attached hydrogens (tertiary/aromatic N) is 4. The Labute approximate surface area is 303 Å². The van der Waals surface area contributed by atoms with E-state index in [0.29, 0.717) is 23.4 Å². The first-order valence-corrected chi connectivity index (χ1v) is 17.9. The van der Waals surface area contributed by atoms with E-state index in [9.17, 15) is 0 Å². The van der Waals surface area contributed by atoms with E-state index in [1.54, 1.807) is 11.3 Å². The molecule has 0 atom stereocenters. The fraction of sp³-hybridized carbons (Fsp3) is 0. The summed E-state index contributed by atoms with van der Waals surface area (Å²) < 4.78 is 8.50. The van der Waals surface area contributed by atoms with Crippen molar-refractivity contribution in [1.29, 1.82) is 0 Å². The van der Waals surface area contributed by atoms with Gasteiger partial charge in [0.25, 0.3) is 0 Å². The first kappa shape index (κ1) is 30.1. The van der Waals surface area contributed by atoms with E-state index in [-0.39, 0.29) is 0 Å². The Kier molecular flexibility index (Phi) is 7.25. The second kappa shape index (κ2) is 12.5. The van der Waals surface area contributed by atoms with Gasteiger partial charge >= 0.3 is 0 Å². The Morgan fingerprint density at radius 3 is 1.56 bits per heavy atom. The molecule has 0 saturated heterocycles. The molecule has 0 saturated carbocycles. The van der Waals surface area contributed by atoms with Gasteiger partial charge in [-0.2, -0.15) is 0 Å². The maximum absolute atomic E-state index is 6.17. The van der Waals surface area contributed by atoms with Crippen molar-refractivity contribution < 1.29 is 4.42 Å². The van der Waals surface area contributed by atoms with Crippen LogP contribution in [-0.4, -0.2) is 19.9 Å². The molecule has 0 fully saturated rings. The standard InChI is InChI=1S/C46H28N4OS/c1-3-10-29(11-4-1)31-18-22-33(23-19-31)43-48-44(34-24-20-32(21-25-34)30-12-5-2-6-13-30)50-45(49-43)36-14-9-17-41-42(36)37-28-35(26-27-40(37)52-41)46-47-38-15-7-8-16-39(38)51-46/h1-28H. The molecule has 0 N–H and O–H groups in total. The highest BCUT2D eigenvalue weighted by Crippen LogP contribution is 2.41. The van der Waals surface area contributed by atoms with Crippen LogP contribution in [0.3, 0.4) is 0 Å². The summed E-state index contributed by atoms with van der Waals surface area (Å²) in [6.45, 7) is 0. The van der Waals surface area contributed by atoms with Crippen molar-refractivity contribution in [2.24, 2.45) is 0 Å². The third-order valence-electron chi connectivity index (χ3n) is 9.41. The number of benzene rings is 7. The average molecular weight is 685 g/mol. The molecule has 10 rings (SSSR count). The monoisotopic (exact) mass is 684 g/mol. The number of hydrogen-bond acceptors (Lipinski definition) is 6.